The van der Waals surface area contributed by atoms with Gasteiger partial charge < -0.3 is 19.5 Å². The topological polar surface area (TPSA) is 106 Å². The number of nitrogens with zero attached hydrogens (tertiary/aromatic N) is 1. The van der Waals surface area contributed by atoms with Crippen molar-refractivity contribution in [3.63, 3.8) is 0 Å². The van der Waals surface area contributed by atoms with E-state index in [0.717, 1.165) is 5.01 Å². The summed E-state index contributed by atoms with van der Waals surface area (Å²) in [6.45, 7) is 7.82. The van der Waals surface area contributed by atoms with Crippen LogP contribution in [0.1, 0.15) is 26.7 Å². The lowest BCUT2D eigenvalue weighted by Gasteiger charge is -2.25. The van der Waals surface area contributed by atoms with Gasteiger partial charge in [-0.05, 0) is 37.1 Å². The van der Waals surface area contributed by atoms with Crippen molar-refractivity contribution in [1.29, 1.82) is 0 Å². The molecule has 9 nitrogen and oxygen atoms in total. The van der Waals surface area contributed by atoms with Crippen molar-refractivity contribution in [2.75, 3.05) is 25.2 Å². The number of carbonyl (C=O) groups excluding carboxylic acids is 3. The first kappa shape index (κ1) is 23.1. The molecule has 30 heavy (non-hydrogen) atoms. The zero-order valence-electron chi connectivity index (χ0n) is 16.8. The molecule has 1 aromatic rings. The van der Waals surface area contributed by atoms with E-state index in [-0.39, 0.29) is 36.8 Å². The maximum Gasteiger partial charge on any atom is 0.513 e. The molecule has 0 atom stereocenters. The summed E-state index contributed by atoms with van der Waals surface area (Å²) >= 11 is 5.90. The van der Waals surface area contributed by atoms with E-state index in [1.54, 1.807) is 24.3 Å². The molecule has 0 aromatic heterocycles. The number of nitrogens with one attached hydrogen (secondary N) is 2. The van der Waals surface area contributed by atoms with E-state index in [9.17, 15) is 14.4 Å². The van der Waals surface area contributed by atoms with Gasteiger partial charge in [-0.1, -0.05) is 32.0 Å². The molecule has 0 bridgehead atoms. The maximum absolute atomic E-state index is 12.6. The fourth-order valence-electron chi connectivity index (χ4n) is 2.40. The number of anilines is 1. The number of amides is 2. The highest BCUT2D eigenvalue weighted by molar-refractivity contribution is 6.30. The minimum absolute atomic E-state index is 0.00250. The summed E-state index contributed by atoms with van der Waals surface area (Å²) in [7, 11) is 0. The van der Waals surface area contributed by atoms with Crippen molar-refractivity contribution in [3.8, 4) is 0 Å². The fourth-order valence-corrected chi connectivity index (χ4v) is 2.53. The molecule has 2 N–H and O–H groups in total. The van der Waals surface area contributed by atoms with Gasteiger partial charge in [0, 0.05) is 5.02 Å². The second-order valence-electron chi connectivity index (χ2n) is 6.20. The van der Waals surface area contributed by atoms with Crippen LogP contribution in [-0.2, 0) is 19.0 Å². The molecule has 0 spiro atoms. The zero-order chi connectivity index (χ0) is 22.1. The minimum Gasteiger partial charge on any atom is -0.448 e. The summed E-state index contributed by atoms with van der Waals surface area (Å²) in [5.41, 5.74) is 3.21. The molecule has 2 amide bonds. The van der Waals surface area contributed by atoms with Crippen LogP contribution in [0.2, 0.25) is 5.02 Å². The monoisotopic (exact) mass is 437 g/mol. The quantitative estimate of drug-likeness (QED) is 0.444. The van der Waals surface area contributed by atoms with Crippen LogP contribution in [0.4, 0.5) is 15.3 Å². The third-order valence-corrected chi connectivity index (χ3v) is 4.05. The molecule has 0 saturated heterocycles. The average molecular weight is 438 g/mol. The van der Waals surface area contributed by atoms with Crippen LogP contribution in [0.25, 0.3) is 0 Å². The van der Waals surface area contributed by atoms with Gasteiger partial charge in [0.05, 0.1) is 31.1 Å². The molecule has 0 aliphatic carbocycles. The van der Waals surface area contributed by atoms with Crippen molar-refractivity contribution in [3.05, 3.63) is 52.9 Å². The number of rotatable bonds is 9. The molecule has 1 aliphatic rings. The van der Waals surface area contributed by atoms with Gasteiger partial charge in [0.2, 0.25) is 0 Å². The predicted molar refractivity (Wildman–Crippen MR) is 110 cm³/mol. The average Bonchev–Trinajstić information content (AvgIpc) is 3.09. The summed E-state index contributed by atoms with van der Waals surface area (Å²) < 4.78 is 15.2. The van der Waals surface area contributed by atoms with Gasteiger partial charge >= 0.3 is 12.2 Å². The maximum atomic E-state index is 12.6. The number of hydrazine groups is 1. The predicted octanol–water partition coefficient (Wildman–Crippen LogP) is 3.98. The molecular formula is C20H24ClN3O6. The molecule has 0 unspecified atom stereocenters. The Labute approximate surface area is 179 Å². The lowest BCUT2D eigenvalue weighted by atomic mass is 10.2. The Balaban J connectivity index is 2.29. The van der Waals surface area contributed by atoms with Crippen LogP contribution in [0.3, 0.4) is 0 Å². The van der Waals surface area contributed by atoms with Crippen LogP contribution in [0.15, 0.2) is 47.9 Å². The van der Waals surface area contributed by atoms with Crippen molar-refractivity contribution in [2.24, 2.45) is 0 Å². The third-order valence-electron chi connectivity index (χ3n) is 3.80. The van der Waals surface area contributed by atoms with Crippen LogP contribution in [0, 0.1) is 0 Å². The second kappa shape index (κ2) is 11.1. The van der Waals surface area contributed by atoms with Crippen LogP contribution >= 0.6 is 11.6 Å². The summed E-state index contributed by atoms with van der Waals surface area (Å²) in [5, 5.41) is 4.02. The van der Waals surface area contributed by atoms with Crippen LogP contribution in [0.5, 0.6) is 0 Å². The SMILES string of the molecule is C=C(C1=C(OC(=O)OCCC)CNC1=O)N(Nc1ccc(Cl)cc1)C(=O)OCCC. The lowest BCUT2D eigenvalue weighted by molar-refractivity contribution is -0.116. The van der Waals surface area contributed by atoms with Gasteiger partial charge in [0.25, 0.3) is 5.91 Å². The largest absolute Gasteiger partial charge is 0.513 e. The highest BCUT2D eigenvalue weighted by Gasteiger charge is 2.33. The van der Waals surface area contributed by atoms with Gasteiger partial charge in [-0.3, -0.25) is 10.2 Å². The molecule has 0 saturated carbocycles. The van der Waals surface area contributed by atoms with E-state index in [0.29, 0.717) is 23.6 Å². The van der Waals surface area contributed by atoms with E-state index in [4.69, 9.17) is 25.8 Å². The third kappa shape index (κ3) is 6.15. The number of hydrogen-bond donors (Lipinski definition) is 2. The van der Waals surface area contributed by atoms with E-state index in [1.807, 2.05) is 13.8 Å². The van der Waals surface area contributed by atoms with Gasteiger partial charge in [-0.25, -0.2) is 9.59 Å². The first-order chi connectivity index (χ1) is 14.4. The van der Waals surface area contributed by atoms with Gasteiger partial charge in [0.15, 0.2) is 0 Å². The molecule has 1 aliphatic heterocycles. The van der Waals surface area contributed by atoms with Crippen molar-refractivity contribution < 1.29 is 28.6 Å². The summed E-state index contributed by atoms with van der Waals surface area (Å²) in [6.07, 6.45) is -0.503. The summed E-state index contributed by atoms with van der Waals surface area (Å²) in [5.74, 6) is -0.554. The van der Waals surface area contributed by atoms with E-state index in [1.165, 1.54) is 0 Å². The molecular weight excluding hydrogens is 414 g/mol. The van der Waals surface area contributed by atoms with Crippen molar-refractivity contribution in [2.45, 2.75) is 26.7 Å². The standard InChI is InChI=1S/C20H24ClN3O6/c1-4-10-28-19(26)24(23-15-8-6-14(21)7-9-15)13(3)17-16(12-22-18(17)25)30-20(27)29-11-5-2/h6-9,23H,3-5,10-12H2,1-2H3,(H,22,25). The zero-order valence-corrected chi connectivity index (χ0v) is 17.6. The molecule has 1 aromatic carbocycles. The van der Waals surface area contributed by atoms with E-state index >= 15 is 0 Å². The molecule has 0 fully saturated rings. The Bertz CT molecular complexity index is 837. The van der Waals surface area contributed by atoms with Crippen molar-refractivity contribution >= 4 is 35.4 Å². The van der Waals surface area contributed by atoms with Gasteiger partial charge in [-0.15, -0.1) is 0 Å². The normalized spacial score (nSPS) is 12.8. The number of ether oxygens (including phenoxy) is 3. The Kier molecular flexibility index (Phi) is 8.54. The molecule has 10 heteroatoms. The number of carbonyl (C=O) groups is 3. The first-order valence-electron chi connectivity index (χ1n) is 9.41. The molecule has 162 valence electrons. The Morgan fingerprint density at radius 1 is 1.17 bits per heavy atom. The van der Waals surface area contributed by atoms with Gasteiger partial charge in [0.1, 0.15) is 11.3 Å². The first-order valence-corrected chi connectivity index (χ1v) is 9.79. The van der Waals surface area contributed by atoms with Crippen LogP contribution in [-0.4, -0.2) is 42.9 Å². The van der Waals surface area contributed by atoms with Crippen LogP contribution < -0.4 is 10.7 Å². The number of benzene rings is 1. The van der Waals surface area contributed by atoms with Crippen molar-refractivity contribution in [1.82, 2.24) is 10.3 Å². The number of hydrogen-bond acceptors (Lipinski definition) is 7. The Hall–Kier alpha value is -3.20. The second-order valence-corrected chi connectivity index (χ2v) is 6.63. The minimum atomic E-state index is -0.945. The fraction of sp³-hybridized carbons (Fsp3) is 0.350. The van der Waals surface area contributed by atoms with E-state index < -0.39 is 18.2 Å². The summed E-state index contributed by atoms with van der Waals surface area (Å²) in [6, 6.07) is 6.53. The lowest BCUT2D eigenvalue weighted by Crippen LogP contribution is -2.38. The smallest absolute Gasteiger partial charge is 0.448 e. The molecule has 0 radical (unpaired) electrons. The summed E-state index contributed by atoms with van der Waals surface area (Å²) in [4.78, 5) is 36.8. The highest BCUT2D eigenvalue weighted by Crippen LogP contribution is 2.25. The molecule has 1 heterocycles. The van der Waals surface area contributed by atoms with E-state index in [2.05, 4.69) is 17.3 Å². The molecule has 2 rings (SSSR count). The van der Waals surface area contributed by atoms with Gasteiger partial charge in [-0.2, -0.15) is 5.01 Å². The Morgan fingerprint density at radius 2 is 1.80 bits per heavy atom. The number of halogens is 1. The highest BCUT2D eigenvalue weighted by atomic mass is 35.5. The Morgan fingerprint density at radius 3 is 2.43 bits per heavy atom.